The van der Waals surface area contributed by atoms with Crippen LogP contribution >= 0.6 is 11.8 Å². The molecule has 0 saturated heterocycles. The smallest absolute Gasteiger partial charge is 0.407 e. The maximum atomic E-state index is 11.1. The zero-order chi connectivity index (χ0) is 13.4. The monoisotopic (exact) mass is 269 g/mol. The van der Waals surface area contributed by atoms with E-state index in [0.29, 0.717) is 19.7 Å². The minimum Gasteiger partial charge on any atom is -0.450 e. The number of rotatable bonds is 6. The number of carbonyl (C=O) groups is 1. The van der Waals surface area contributed by atoms with Gasteiger partial charge in [-0.2, -0.15) is 0 Å². The van der Waals surface area contributed by atoms with Crippen molar-refractivity contribution < 1.29 is 9.53 Å². The molecule has 100 valence electrons. The van der Waals surface area contributed by atoms with E-state index in [1.54, 1.807) is 23.7 Å². The maximum Gasteiger partial charge on any atom is 0.407 e. The predicted molar refractivity (Wildman–Crippen MR) is 74.8 cm³/mol. The van der Waals surface area contributed by atoms with Crippen molar-refractivity contribution in [3.63, 3.8) is 0 Å². The molecule has 0 fully saturated rings. The van der Waals surface area contributed by atoms with Gasteiger partial charge < -0.3 is 15.1 Å². The molecular formula is C12H19N3O2S. The van der Waals surface area contributed by atoms with Gasteiger partial charge in [-0.3, -0.25) is 0 Å². The van der Waals surface area contributed by atoms with Crippen LogP contribution in [0.5, 0.6) is 0 Å². The first-order valence-electron chi connectivity index (χ1n) is 5.74. The molecule has 3 N–H and O–H groups in total. The highest BCUT2D eigenvalue weighted by molar-refractivity contribution is 7.98. The summed E-state index contributed by atoms with van der Waals surface area (Å²) in [6.07, 6.45) is 1.60. The first-order chi connectivity index (χ1) is 8.67. The van der Waals surface area contributed by atoms with Crippen molar-refractivity contribution in [2.75, 3.05) is 31.0 Å². The maximum absolute atomic E-state index is 11.1. The fourth-order valence-electron chi connectivity index (χ4n) is 1.38. The number of anilines is 1. The van der Waals surface area contributed by atoms with Gasteiger partial charge in [-0.1, -0.05) is 6.07 Å². The van der Waals surface area contributed by atoms with E-state index in [4.69, 9.17) is 10.6 Å². The number of thioether (sulfide) groups is 1. The highest BCUT2D eigenvalue weighted by Gasteiger charge is 2.04. The largest absolute Gasteiger partial charge is 0.450 e. The number of ether oxygens (including phenoxy) is 1. The fraction of sp³-hybridized carbons (Fsp3) is 0.417. The van der Waals surface area contributed by atoms with Crippen molar-refractivity contribution in [3.8, 4) is 0 Å². The van der Waals surface area contributed by atoms with Gasteiger partial charge in [0.05, 0.1) is 18.8 Å². The molecule has 0 unspecified atom stereocenters. The zero-order valence-electron chi connectivity index (χ0n) is 10.7. The van der Waals surface area contributed by atoms with Gasteiger partial charge in [0.1, 0.15) is 0 Å². The molecule has 5 nitrogen and oxygen atoms in total. The second-order valence-corrected chi connectivity index (χ2v) is 4.42. The van der Waals surface area contributed by atoms with Crippen LogP contribution in [0.2, 0.25) is 0 Å². The average molecular weight is 269 g/mol. The highest BCUT2D eigenvalue weighted by Crippen LogP contribution is 2.20. The molecule has 0 aromatic heterocycles. The first-order valence-corrected chi connectivity index (χ1v) is 6.96. The van der Waals surface area contributed by atoms with E-state index in [1.165, 1.54) is 0 Å². The summed E-state index contributed by atoms with van der Waals surface area (Å²) < 4.78 is 4.75. The molecule has 1 aromatic carbocycles. The average Bonchev–Trinajstić information content (AvgIpc) is 2.39. The molecule has 0 bridgehead atoms. The van der Waals surface area contributed by atoms with Gasteiger partial charge in [-0.15, -0.1) is 11.8 Å². The minimum atomic E-state index is -0.413. The molecule has 18 heavy (non-hydrogen) atoms. The Kier molecular flexibility index (Phi) is 6.38. The third-order valence-electron chi connectivity index (χ3n) is 2.28. The van der Waals surface area contributed by atoms with Crippen LogP contribution in [0.1, 0.15) is 6.92 Å². The van der Waals surface area contributed by atoms with Gasteiger partial charge in [0, 0.05) is 11.4 Å². The molecular weight excluding hydrogens is 250 g/mol. The van der Waals surface area contributed by atoms with Crippen LogP contribution in [-0.2, 0) is 4.74 Å². The first kappa shape index (κ1) is 14.7. The number of hydrazine groups is 1. The number of nitrogens with one attached hydrogen (secondary N) is 1. The molecule has 0 aliphatic heterocycles. The van der Waals surface area contributed by atoms with Crippen molar-refractivity contribution in [3.05, 3.63) is 24.3 Å². The van der Waals surface area contributed by atoms with Crippen molar-refractivity contribution in [2.24, 2.45) is 5.84 Å². The Hall–Kier alpha value is -1.40. The van der Waals surface area contributed by atoms with Gasteiger partial charge in [-0.05, 0) is 31.4 Å². The van der Waals surface area contributed by atoms with E-state index in [9.17, 15) is 4.79 Å². The molecule has 0 heterocycles. The van der Waals surface area contributed by atoms with Gasteiger partial charge in [0.15, 0.2) is 0 Å². The Balaban J connectivity index is 2.40. The summed E-state index contributed by atoms with van der Waals surface area (Å²) in [5.74, 6) is 5.91. The SMILES string of the molecule is CCOC(=O)NCCN(N)c1cccc(SC)c1. The Morgan fingerprint density at radius 3 is 3.00 bits per heavy atom. The topological polar surface area (TPSA) is 67.6 Å². The lowest BCUT2D eigenvalue weighted by Gasteiger charge is -2.19. The van der Waals surface area contributed by atoms with Crippen LogP contribution in [-0.4, -0.2) is 32.0 Å². The summed E-state index contributed by atoms with van der Waals surface area (Å²) in [5.41, 5.74) is 0.924. The standard InChI is InChI=1S/C12H19N3O2S/c1-3-17-12(16)14-7-8-15(13)10-5-4-6-11(9-10)18-2/h4-6,9H,3,7-8,13H2,1-2H3,(H,14,16). The van der Waals surface area contributed by atoms with E-state index in [2.05, 4.69) is 5.32 Å². The fourth-order valence-corrected chi connectivity index (χ4v) is 1.83. The number of benzene rings is 1. The Bertz CT molecular complexity index is 387. The third kappa shape index (κ3) is 4.85. The van der Waals surface area contributed by atoms with Crippen LogP contribution in [0, 0.1) is 0 Å². The number of hydrogen-bond donors (Lipinski definition) is 2. The second-order valence-electron chi connectivity index (χ2n) is 3.54. The quantitative estimate of drug-likeness (QED) is 0.468. The van der Waals surface area contributed by atoms with E-state index in [1.807, 2.05) is 30.5 Å². The van der Waals surface area contributed by atoms with Crippen molar-refractivity contribution >= 4 is 23.5 Å². The van der Waals surface area contributed by atoms with E-state index in [-0.39, 0.29) is 0 Å². The predicted octanol–water partition coefficient (Wildman–Crippen LogP) is 1.83. The van der Waals surface area contributed by atoms with Crippen molar-refractivity contribution in [2.45, 2.75) is 11.8 Å². The zero-order valence-corrected chi connectivity index (χ0v) is 11.5. The van der Waals surface area contributed by atoms with E-state index >= 15 is 0 Å². The summed E-state index contributed by atoms with van der Waals surface area (Å²) in [6, 6.07) is 7.93. The molecule has 1 aromatic rings. The molecule has 1 rings (SSSR count). The molecule has 0 aliphatic carbocycles. The lowest BCUT2D eigenvalue weighted by molar-refractivity contribution is 0.152. The molecule has 0 radical (unpaired) electrons. The number of hydrogen-bond acceptors (Lipinski definition) is 5. The van der Waals surface area contributed by atoms with Crippen LogP contribution in [0.25, 0.3) is 0 Å². The van der Waals surface area contributed by atoms with Crippen LogP contribution in [0.15, 0.2) is 29.2 Å². The van der Waals surface area contributed by atoms with E-state index in [0.717, 1.165) is 10.6 Å². The van der Waals surface area contributed by atoms with Crippen molar-refractivity contribution in [1.82, 2.24) is 5.32 Å². The van der Waals surface area contributed by atoms with Crippen LogP contribution in [0.4, 0.5) is 10.5 Å². The Morgan fingerprint density at radius 1 is 1.56 bits per heavy atom. The number of amides is 1. The van der Waals surface area contributed by atoms with Crippen LogP contribution < -0.4 is 16.2 Å². The minimum absolute atomic E-state index is 0.369. The van der Waals surface area contributed by atoms with Crippen LogP contribution in [0.3, 0.4) is 0 Å². The summed E-state index contributed by atoms with van der Waals surface area (Å²) in [6.45, 7) is 3.10. The summed E-state index contributed by atoms with van der Waals surface area (Å²) in [7, 11) is 0. The molecule has 0 aliphatic rings. The molecule has 1 amide bonds. The Labute approximate surface area is 112 Å². The number of nitrogens with two attached hydrogens (primary N) is 1. The molecule has 0 atom stereocenters. The van der Waals surface area contributed by atoms with E-state index < -0.39 is 6.09 Å². The van der Waals surface area contributed by atoms with Gasteiger partial charge in [-0.25, -0.2) is 10.6 Å². The lowest BCUT2D eigenvalue weighted by Crippen LogP contribution is -2.39. The molecule has 0 saturated carbocycles. The lowest BCUT2D eigenvalue weighted by atomic mass is 10.3. The second kappa shape index (κ2) is 7.84. The summed E-state index contributed by atoms with van der Waals surface area (Å²) in [5, 5.41) is 4.23. The molecule has 6 heteroatoms. The van der Waals surface area contributed by atoms with Gasteiger partial charge in [0.2, 0.25) is 0 Å². The highest BCUT2D eigenvalue weighted by atomic mass is 32.2. The normalized spacial score (nSPS) is 9.94. The number of nitrogens with zero attached hydrogens (tertiary/aromatic N) is 1. The summed E-state index contributed by atoms with van der Waals surface area (Å²) in [4.78, 5) is 12.2. The third-order valence-corrected chi connectivity index (χ3v) is 3.01. The molecule has 0 spiro atoms. The Morgan fingerprint density at radius 2 is 2.33 bits per heavy atom. The number of alkyl carbamates (subject to hydrolysis) is 1. The van der Waals surface area contributed by atoms with Gasteiger partial charge in [0.25, 0.3) is 0 Å². The van der Waals surface area contributed by atoms with Crippen molar-refractivity contribution in [1.29, 1.82) is 0 Å². The van der Waals surface area contributed by atoms with Gasteiger partial charge >= 0.3 is 6.09 Å². The number of carbonyl (C=O) groups excluding carboxylic acids is 1. The summed E-state index contributed by atoms with van der Waals surface area (Å²) >= 11 is 1.66.